The Labute approximate surface area is 114 Å². The fourth-order valence-electron chi connectivity index (χ4n) is 2.69. The fourth-order valence-corrected chi connectivity index (χ4v) is 2.69. The summed E-state index contributed by atoms with van der Waals surface area (Å²) >= 11 is 0. The summed E-state index contributed by atoms with van der Waals surface area (Å²) in [6.07, 6.45) is 1.44. The van der Waals surface area contributed by atoms with Crippen LogP contribution in [-0.4, -0.2) is 35.3 Å². The summed E-state index contributed by atoms with van der Waals surface area (Å²) in [5.41, 5.74) is 0.528. The number of rotatable bonds is 3. The number of hydrogen-bond donors (Lipinski definition) is 1. The van der Waals surface area contributed by atoms with Crippen molar-refractivity contribution >= 4 is 0 Å². The fraction of sp³-hybridized carbons (Fsp3) is 0.600. The maximum atomic E-state index is 13.4. The predicted molar refractivity (Wildman–Crippen MR) is 72.7 cm³/mol. The number of hydrogen-bond acceptors (Lipinski definition) is 3. The highest BCUT2D eigenvalue weighted by molar-refractivity contribution is 5.34. The first-order chi connectivity index (χ1) is 8.95. The second-order valence-electron chi connectivity index (χ2n) is 5.69. The first kappa shape index (κ1) is 14.3. The van der Waals surface area contributed by atoms with Crippen LogP contribution in [0.25, 0.3) is 0 Å². The lowest BCUT2D eigenvalue weighted by atomic mass is 9.87. The van der Waals surface area contributed by atoms with Crippen molar-refractivity contribution in [3.8, 4) is 5.75 Å². The number of likely N-dealkylation sites (tertiary alicyclic amines) is 1. The second-order valence-corrected chi connectivity index (χ2v) is 5.69. The van der Waals surface area contributed by atoms with Crippen molar-refractivity contribution in [1.29, 1.82) is 0 Å². The molecule has 106 valence electrons. The molecule has 1 heterocycles. The number of aliphatic hydroxyl groups excluding tert-OH is 1. The molecule has 0 aliphatic carbocycles. The number of benzene rings is 1. The van der Waals surface area contributed by atoms with Crippen molar-refractivity contribution < 1.29 is 14.2 Å². The van der Waals surface area contributed by atoms with E-state index in [0.717, 1.165) is 24.9 Å². The van der Waals surface area contributed by atoms with E-state index in [9.17, 15) is 9.50 Å². The minimum atomic E-state index is -0.346. The number of piperidine rings is 1. The van der Waals surface area contributed by atoms with Gasteiger partial charge in [0.05, 0.1) is 13.2 Å². The third kappa shape index (κ3) is 2.90. The van der Waals surface area contributed by atoms with Crippen LogP contribution in [0.4, 0.5) is 4.39 Å². The van der Waals surface area contributed by atoms with E-state index in [0.29, 0.717) is 12.3 Å². The molecule has 3 nitrogen and oxygen atoms in total. The molecular formula is C15H22FNO2. The van der Waals surface area contributed by atoms with E-state index in [1.165, 1.54) is 12.1 Å². The minimum absolute atomic E-state index is 0.258. The number of aliphatic hydroxyl groups is 1. The third-order valence-corrected chi connectivity index (χ3v) is 4.14. The molecule has 0 amide bonds. The Hall–Kier alpha value is -1.13. The maximum Gasteiger partial charge on any atom is 0.123 e. The van der Waals surface area contributed by atoms with Gasteiger partial charge in [0.1, 0.15) is 11.6 Å². The largest absolute Gasteiger partial charge is 0.496 e. The van der Waals surface area contributed by atoms with Gasteiger partial charge in [-0.05, 0) is 51.4 Å². The maximum absolute atomic E-state index is 13.4. The molecule has 1 saturated heterocycles. The zero-order valence-corrected chi connectivity index (χ0v) is 11.8. The topological polar surface area (TPSA) is 32.7 Å². The molecule has 0 spiro atoms. The number of nitrogens with zero attached hydrogens (tertiary/aromatic N) is 1. The average Bonchev–Trinajstić information content (AvgIpc) is 2.36. The smallest absolute Gasteiger partial charge is 0.123 e. The Morgan fingerprint density at radius 3 is 2.89 bits per heavy atom. The molecule has 1 fully saturated rings. The van der Waals surface area contributed by atoms with Crippen LogP contribution >= 0.6 is 0 Å². The van der Waals surface area contributed by atoms with Gasteiger partial charge in [-0.1, -0.05) is 0 Å². The van der Waals surface area contributed by atoms with E-state index < -0.39 is 0 Å². The van der Waals surface area contributed by atoms with Gasteiger partial charge in [0.2, 0.25) is 0 Å². The first-order valence-corrected chi connectivity index (χ1v) is 6.70. The van der Waals surface area contributed by atoms with Crippen LogP contribution in [0.15, 0.2) is 18.2 Å². The highest BCUT2D eigenvalue weighted by Gasteiger charge is 2.37. The van der Waals surface area contributed by atoms with Gasteiger partial charge in [0.15, 0.2) is 0 Å². The van der Waals surface area contributed by atoms with Crippen molar-refractivity contribution in [1.82, 2.24) is 4.90 Å². The van der Waals surface area contributed by atoms with Gasteiger partial charge < -0.3 is 9.84 Å². The van der Waals surface area contributed by atoms with Crippen LogP contribution in [0, 0.1) is 5.82 Å². The zero-order valence-electron chi connectivity index (χ0n) is 11.8. The van der Waals surface area contributed by atoms with Crippen molar-refractivity contribution in [2.45, 2.75) is 44.9 Å². The van der Waals surface area contributed by atoms with Gasteiger partial charge in [-0.25, -0.2) is 4.39 Å². The Bertz CT molecular complexity index is 448. The van der Waals surface area contributed by atoms with Gasteiger partial charge in [-0.2, -0.15) is 0 Å². The Morgan fingerprint density at radius 1 is 1.47 bits per heavy atom. The van der Waals surface area contributed by atoms with Crippen molar-refractivity contribution in [3.63, 3.8) is 0 Å². The highest BCUT2D eigenvalue weighted by Crippen LogP contribution is 2.31. The molecular weight excluding hydrogens is 245 g/mol. The number of halogens is 1. The zero-order chi connectivity index (χ0) is 14.0. The van der Waals surface area contributed by atoms with E-state index in [1.807, 2.05) is 13.8 Å². The molecule has 2 rings (SSSR count). The van der Waals surface area contributed by atoms with Crippen LogP contribution in [0.5, 0.6) is 5.75 Å². The summed E-state index contributed by atoms with van der Waals surface area (Å²) < 4.78 is 18.7. The molecule has 0 aromatic heterocycles. The Kier molecular flexibility index (Phi) is 4.11. The van der Waals surface area contributed by atoms with Gasteiger partial charge in [-0.15, -0.1) is 0 Å². The number of ether oxygens (including phenoxy) is 1. The van der Waals surface area contributed by atoms with Crippen molar-refractivity contribution in [2.75, 3.05) is 13.7 Å². The predicted octanol–water partition coefficient (Wildman–Crippen LogP) is 2.57. The molecule has 19 heavy (non-hydrogen) atoms. The van der Waals surface area contributed by atoms with E-state index in [-0.39, 0.29) is 17.5 Å². The summed E-state index contributed by atoms with van der Waals surface area (Å²) in [7, 11) is 1.59. The van der Waals surface area contributed by atoms with Gasteiger partial charge in [-0.3, -0.25) is 4.90 Å². The molecule has 1 aliphatic heterocycles. The summed E-state index contributed by atoms with van der Waals surface area (Å²) in [5, 5.41) is 10.1. The summed E-state index contributed by atoms with van der Waals surface area (Å²) in [6.45, 7) is 5.56. The average molecular weight is 267 g/mol. The lowest BCUT2D eigenvalue weighted by Gasteiger charge is -2.46. The monoisotopic (exact) mass is 267 g/mol. The minimum Gasteiger partial charge on any atom is -0.496 e. The van der Waals surface area contributed by atoms with E-state index in [2.05, 4.69) is 4.90 Å². The highest BCUT2D eigenvalue weighted by atomic mass is 19.1. The molecule has 4 heteroatoms. The lowest BCUT2D eigenvalue weighted by Crippen LogP contribution is -2.55. The van der Waals surface area contributed by atoms with Crippen LogP contribution in [0.3, 0.4) is 0 Å². The second kappa shape index (κ2) is 5.47. The molecule has 1 atom stereocenters. The first-order valence-electron chi connectivity index (χ1n) is 6.70. The van der Waals surface area contributed by atoms with Crippen LogP contribution in [0.1, 0.15) is 32.3 Å². The molecule has 1 unspecified atom stereocenters. The number of methoxy groups -OCH3 is 1. The lowest BCUT2D eigenvalue weighted by molar-refractivity contribution is -0.0483. The molecule has 1 aromatic rings. The van der Waals surface area contributed by atoms with Crippen molar-refractivity contribution in [3.05, 3.63) is 29.6 Å². The Balaban J connectivity index is 2.22. The SMILES string of the molecule is COc1ccc(F)cc1CN1CCCC(O)C1(C)C. The van der Waals surface area contributed by atoms with E-state index >= 15 is 0 Å². The summed E-state index contributed by atoms with van der Waals surface area (Å²) in [4.78, 5) is 2.19. The summed E-state index contributed by atoms with van der Waals surface area (Å²) in [5.74, 6) is 0.434. The van der Waals surface area contributed by atoms with Crippen molar-refractivity contribution in [2.24, 2.45) is 0 Å². The van der Waals surface area contributed by atoms with Crippen LogP contribution in [0.2, 0.25) is 0 Å². The van der Waals surface area contributed by atoms with Gasteiger partial charge >= 0.3 is 0 Å². The van der Waals surface area contributed by atoms with Crippen LogP contribution < -0.4 is 4.74 Å². The molecule has 1 aliphatic rings. The van der Waals surface area contributed by atoms with Crippen LogP contribution in [-0.2, 0) is 6.54 Å². The standard InChI is InChI=1S/C15H22FNO2/c1-15(2)14(18)5-4-8-17(15)10-11-9-12(16)6-7-13(11)19-3/h6-7,9,14,18H,4-5,8,10H2,1-3H3. The van der Waals surface area contributed by atoms with E-state index in [4.69, 9.17) is 4.74 Å². The molecule has 0 radical (unpaired) electrons. The molecule has 0 bridgehead atoms. The third-order valence-electron chi connectivity index (χ3n) is 4.14. The van der Waals surface area contributed by atoms with Gasteiger partial charge in [0.25, 0.3) is 0 Å². The molecule has 0 saturated carbocycles. The normalized spacial score (nSPS) is 23.3. The molecule has 1 aromatic carbocycles. The van der Waals surface area contributed by atoms with E-state index in [1.54, 1.807) is 13.2 Å². The van der Waals surface area contributed by atoms with Gasteiger partial charge in [0, 0.05) is 17.6 Å². The molecule has 1 N–H and O–H groups in total. The quantitative estimate of drug-likeness (QED) is 0.913. The Morgan fingerprint density at radius 2 is 2.21 bits per heavy atom. The summed E-state index contributed by atoms with van der Waals surface area (Å²) in [6, 6.07) is 4.56.